The number of ether oxygens (including phenoxy) is 1. The first-order valence-corrected chi connectivity index (χ1v) is 15.7. The molecule has 0 fully saturated rings. The van der Waals surface area contributed by atoms with Gasteiger partial charge in [0.1, 0.15) is 16.5 Å². The highest BCUT2D eigenvalue weighted by Gasteiger charge is 2.28. The molecule has 218 valence electrons. The van der Waals surface area contributed by atoms with Crippen molar-refractivity contribution in [1.82, 2.24) is 4.90 Å². The maximum atomic E-state index is 15.0. The molecule has 0 aliphatic carbocycles. The van der Waals surface area contributed by atoms with Crippen LogP contribution in [0.5, 0.6) is 5.75 Å². The number of halogens is 1. The zero-order valence-corrected chi connectivity index (χ0v) is 25.0. The molecular formula is C32H37FN2O5S. The Hall–Kier alpha value is -3.72. The van der Waals surface area contributed by atoms with E-state index in [0.717, 1.165) is 28.7 Å². The van der Waals surface area contributed by atoms with Crippen LogP contribution in [0.15, 0.2) is 59.5 Å². The molecule has 1 aliphatic heterocycles. The molecular weight excluding hydrogens is 543 g/mol. The second-order valence-corrected chi connectivity index (χ2v) is 12.9. The summed E-state index contributed by atoms with van der Waals surface area (Å²) < 4.78 is 45.1. The van der Waals surface area contributed by atoms with Gasteiger partial charge in [-0.2, -0.15) is 0 Å². The first kappa shape index (κ1) is 30.2. The molecule has 1 heterocycles. The second-order valence-electron chi connectivity index (χ2n) is 11.0. The van der Waals surface area contributed by atoms with Crippen LogP contribution in [0.4, 0.5) is 14.9 Å². The number of amides is 2. The van der Waals surface area contributed by atoms with Crippen molar-refractivity contribution in [3.05, 3.63) is 77.1 Å². The van der Waals surface area contributed by atoms with Gasteiger partial charge in [0.05, 0.1) is 6.61 Å². The third kappa shape index (κ3) is 6.96. The molecule has 0 spiro atoms. The summed E-state index contributed by atoms with van der Waals surface area (Å²) in [5, 5.41) is 2.83. The summed E-state index contributed by atoms with van der Waals surface area (Å²) in [6, 6.07) is 16.2. The summed E-state index contributed by atoms with van der Waals surface area (Å²) in [5.74, 6) is -0.0167. The summed E-state index contributed by atoms with van der Waals surface area (Å²) in [4.78, 5) is 26.4. The molecule has 0 radical (unpaired) electrons. The molecule has 3 aromatic carbocycles. The van der Waals surface area contributed by atoms with Crippen molar-refractivity contribution in [3.8, 4) is 16.9 Å². The number of sulfone groups is 1. The number of carbonyl (C=O) groups excluding carboxylic acids is 2. The number of nitrogens with one attached hydrogen (secondary N) is 1. The normalized spacial score (nSPS) is 17.0. The second kappa shape index (κ2) is 12.4. The van der Waals surface area contributed by atoms with Crippen molar-refractivity contribution in [3.63, 3.8) is 0 Å². The van der Waals surface area contributed by atoms with Crippen molar-refractivity contribution in [2.24, 2.45) is 11.8 Å². The average Bonchev–Trinajstić information content (AvgIpc) is 2.91. The van der Waals surface area contributed by atoms with Crippen LogP contribution in [0.1, 0.15) is 48.2 Å². The molecule has 3 aromatic rings. The number of hydrogen-bond acceptors (Lipinski definition) is 5. The van der Waals surface area contributed by atoms with E-state index in [-0.39, 0.29) is 52.5 Å². The van der Waals surface area contributed by atoms with Gasteiger partial charge >= 0.3 is 6.03 Å². The minimum atomic E-state index is -3.74. The van der Waals surface area contributed by atoms with Gasteiger partial charge in [-0.15, -0.1) is 0 Å². The number of Topliss-reactive ketones (excluding diaryl/α,β-unsaturated/α-hetero) is 1. The van der Waals surface area contributed by atoms with Crippen LogP contribution in [0.3, 0.4) is 0 Å². The third-order valence-electron chi connectivity index (χ3n) is 7.74. The molecule has 2 unspecified atom stereocenters. The van der Waals surface area contributed by atoms with Crippen LogP contribution in [-0.2, 0) is 22.7 Å². The number of fused-ring (bicyclic) bond motifs is 1. The number of hydrogen-bond donors (Lipinski definition) is 1. The summed E-state index contributed by atoms with van der Waals surface area (Å²) in [7, 11) is -0.365. The number of anilines is 1. The Bertz CT molecular complexity index is 1550. The van der Waals surface area contributed by atoms with E-state index in [0.29, 0.717) is 25.1 Å². The molecule has 0 aromatic heterocycles. The molecule has 9 heteroatoms. The standard InChI is InChI=1S/C32H37FN2O5S/c1-6-26-27(12-14-30(31(26)33)41(5,38)39)28(36)19-22-15-16-40-29-13-9-23(18-24(29)17-20(22)2)21-7-10-25(11-8-21)34-32(37)35(3)4/h7-14,18,20,22H,6,15-17,19H2,1-5H3,(H,34,37). The SMILES string of the molecule is CCc1c(C(=O)CC2CCOc3ccc(-c4ccc(NC(=O)N(C)C)cc4)cc3CC2C)ccc(S(C)(=O)=O)c1F. The van der Waals surface area contributed by atoms with Crippen LogP contribution >= 0.6 is 0 Å². The third-order valence-corrected chi connectivity index (χ3v) is 8.85. The molecule has 41 heavy (non-hydrogen) atoms. The molecule has 2 atom stereocenters. The zero-order valence-electron chi connectivity index (χ0n) is 24.2. The molecule has 7 nitrogen and oxygen atoms in total. The Balaban J connectivity index is 1.51. The van der Waals surface area contributed by atoms with Crippen molar-refractivity contribution >= 4 is 27.3 Å². The van der Waals surface area contributed by atoms with Gasteiger partial charge in [0, 0.05) is 38.0 Å². The number of ketones is 1. The molecule has 0 saturated heterocycles. The van der Waals surface area contributed by atoms with E-state index in [9.17, 15) is 18.0 Å². The molecule has 1 aliphatic rings. The van der Waals surface area contributed by atoms with Gasteiger partial charge in [0.15, 0.2) is 15.6 Å². The van der Waals surface area contributed by atoms with Crippen molar-refractivity contribution in [2.45, 2.75) is 44.4 Å². The number of carbonyl (C=O) groups is 2. The highest BCUT2D eigenvalue weighted by Crippen LogP contribution is 2.35. The molecule has 4 rings (SSSR count). The van der Waals surface area contributed by atoms with E-state index >= 15 is 4.39 Å². The van der Waals surface area contributed by atoms with Gasteiger partial charge in [0.2, 0.25) is 0 Å². The summed E-state index contributed by atoms with van der Waals surface area (Å²) in [5.41, 5.74) is 4.18. The van der Waals surface area contributed by atoms with E-state index in [1.165, 1.54) is 17.0 Å². The summed E-state index contributed by atoms with van der Waals surface area (Å²) in [6.45, 7) is 4.29. The van der Waals surface area contributed by atoms with E-state index in [1.807, 2.05) is 36.4 Å². The molecule has 2 amide bonds. The van der Waals surface area contributed by atoms with E-state index in [4.69, 9.17) is 4.74 Å². The van der Waals surface area contributed by atoms with Crippen LogP contribution < -0.4 is 10.1 Å². The molecule has 0 saturated carbocycles. The van der Waals surface area contributed by atoms with Crippen molar-refractivity contribution in [1.29, 1.82) is 0 Å². The maximum absolute atomic E-state index is 15.0. The number of rotatable bonds is 7. The lowest BCUT2D eigenvalue weighted by molar-refractivity contribution is 0.0928. The quantitative estimate of drug-likeness (QED) is 0.327. The lowest BCUT2D eigenvalue weighted by Crippen LogP contribution is -2.27. The fraction of sp³-hybridized carbons (Fsp3) is 0.375. The van der Waals surface area contributed by atoms with Crippen molar-refractivity contribution < 1.29 is 27.1 Å². The van der Waals surface area contributed by atoms with Crippen LogP contribution in [0.2, 0.25) is 0 Å². The average molecular weight is 581 g/mol. The summed E-state index contributed by atoms with van der Waals surface area (Å²) in [6.07, 6.45) is 2.80. The van der Waals surface area contributed by atoms with Gasteiger partial charge < -0.3 is 15.0 Å². The van der Waals surface area contributed by atoms with Crippen LogP contribution in [-0.4, -0.2) is 52.1 Å². The highest BCUT2D eigenvalue weighted by atomic mass is 32.2. The Morgan fingerprint density at radius 3 is 2.37 bits per heavy atom. The minimum Gasteiger partial charge on any atom is -0.493 e. The number of benzene rings is 3. The highest BCUT2D eigenvalue weighted by molar-refractivity contribution is 7.90. The smallest absolute Gasteiger partial charge is 0.321 e. The topological polar surface area (TPSA) is 92.8 Å². The lowest BCUT2D eigenvalue weighted by Gasteiger charge is -2.28. The minimum absolute atomic E-state index is 0.0150. The van der Waals surface area contributed by atoms with Gasteiger partial charge in [-0.1, -0.05) is 32.0 Å². The Morgan fingerprint density at radius 1 is 1.05 bits per heavy atom. The van der Waals surface area contributed by atoms with E-state index in [1.54, 1.807) is 21.0 Å². The lowest BCUT2D eigenvalue weighted by atomic mass is 9.80. The Kier molecular flexibility index (Phi) is 9.17. The van der Waals surface area contributed by atoms with E-state index < -0.39 is 15.7 Å². The van der Waals surface area contributed by atoms with Gasteiger partial charge in [-0.25, -0.2) is 17.6 Å². The fourth-order valence-corrected chi connectivity index (χ4v) is 6.07. The van der Waals surface area contributed by atoms with Crippen LogP contribution in [0.25, 0.3) is 11.1 Å². The van der Waals surface area contributed by atoms with Crippen molar-refractivity contribution in [2.75, 3.05) is 32.3 Å². The maximum Gasteiger partial charge on any atom is 0.321 e. The monoisotopic (exact) mass is 580 g/mol. The number of urea groups is 1. The van der Waals surface area contributed by atoms with E-state index in [2.05, 4.69) is 18.3 Å². The van der Waals surface area contributed by atoms with Gasteiger partial charge in [-0.05, 0) is 89.8 Å². The first-order valence-electron chi connectivity index (χ1n) is 13.8. The van der Waals surface area contributed by atoms with Gasteiger partial charge in [-0.3, -0.25) is 4.79 Å². The summed E-state index contributed by atoms with van der Waals surface area (Å²) >= 11 is 0. The molecule has 1 N–H and O–H groups in total. The Labute approximate surface area is 241 Å². The number of nitrogens with zero attached hydrogens (tertiary/aromatic N) is 1. The van der Waals surface area contributed by atoms with Crippen LogP contribution in [0, 0.1) is 17.7 Å². The Morgan fingerprint density at radius 2 is 1.73 bits per heavy atom. The molecule has 0 bridgehead atoms. The fourth-order valence-electron chi connectivity index (χ4n) is 5.30. The predicted molar refractivity (Wildman–Crippen MR) is 159 cm³/mol. The van der Waals surface area contributed by atoms with Gasteiger partial charge in [0.25, 0.3) is 0 Å². The zero-order chi connectivity index (χ0) is 29.9. The predicted octanol–water partition coefficient (Wildman–Crippen LogP) is 6.40. The first-order chi connectivity index (χ1) is 19.4. The largest absolute Gasteiger partial charge is 0.493 e.